The maximum Gasteiger partial charge on any atom is 0.244 e. The van der Waals surface area contributed by atoms with Crippen LogP contribution in [0.3, 0.4) is 0 Å². The molecule has 1 fully saturated rings. The summed E-state index contributed by atoms with van der Waals surface area (Å²) in [6, 6.07) is 7.77. The van der Waals surface area contributed by atoms with Gasteiger partial charge in [0.15, 0.2) is 0 Å². The van der Waals surface area contributed by atoms with Gasteiger partial charge in [-0.15, -0.1) is 0 Å². The summed E-state index contributed by atoms with van der Waals surface area (Å²) in [7, 11) is 0. The highest BCUT2D eigenvalue weighted by molar-refractivity contribution is 9.10. The van der Waals surface area contributed by atoms with Gasteiger partial charge in [0.25, 0.3) is 0 Å². The van der Waals surface area contributed by atoms with Crippen molar-refractivity contribution in [3.63, 3.8) is 0 Å². The lowest BCUT2D eigenvalue weighted by molar-refractivity contribution is -0.119. The Morgan fingerprint density at radius 3 is 2.81 bits per heavy atom. The lowest BCUT2D eigenvalue weighted by atomic mass is 9.77. The van der Waals surface area contributed by atoms with Gasteiger partial charge in [-0.25, -0.2) is 0 Å². The average molecular weight is 352 g/mol. The van der Waals surface area contributed by atoms with Crippen molar-refractivity contribution in [1.29, 1.82) is 0 Å². The van der Waals surface area contributed by atoms with Crippen molar-refractivity contribution in [2.24, 2.45) is 5.92 Å². The van der Waals surface area contributed by atoms with Crippen molar-refractivity contribution in [3.05, 3.63) is 40.4 Å². The van der Waals surface area contributed by atoms with Crippen LogP contribution in [0.15, 0.2) is 34.8 Å². The van der Waals surface area contributed by atoms with Gasteiger partial charge in [0.1, 0.15) is 0 Å². The molecule has 0 saturated heterocycles. The van der Waals surface area contributed by atoms with Crippen molar-refractivity contribution in [2.75, 3.05) is 6.61 Å². The van der Waals surface area contributed by atoms with Crippen LogP contribution < -0.4 is 5.32 Å². The summed E-state index contributed by atoms with van der Waals surface area (Å²) in [5.74, 6) is 0.405. The molecule has 4 heteroatoms. The molecule has 1 amide bonds. The van der Waals surface area contributed by atoms with Crippen molar-refractivity contribution < 1.29 is 9.90 Å². The Kier molecular flexibility index (Phi) is 5.59. The zero-order chi connectivity index (χ0) is 15.3. The third-order valence-corrected chi connectivity index (χ3v) is 4.61. The summed E-state index contributed by atoms with van der Waals surface area (Å²) >= 11 is 3.38. The van der Waals surface area contributed by atoms with Crippen LogP contribution >= 0.6 is 15.9 Å². The molecule has 1 saturated carbocycles. The molecular weight excluding hydrogens is 330 g/mol. The zero-order valence-corrected chi connectivity index (χ0v) is 13.9. The predicted molar refractivity (Wildman–Crippen MR) is 88.8 cm³/mol. The third kappa shape index (κ3) is 4.68. The van der Waals surface area contributed by atoms with E-state index in [9.17, 15) is 9.90 Å². The third-order valence-electron chi connectivity index (χ3n) is 4.08. The van der Waals surface area contributed by atoms with Gasteiger partial charge in [0, 0.05) is 10.5 Å². The van der Waals surface area contributed by atoms with Crippen molar-refractivity contribution in [2.45, 2.75) is 38.1 Å². The van der Waals surface area contributed by atoms with Gasteiger partial charge in [-0.2, -0.15) is 0 Å². The molecule has 2 rings (SSSR count). The van der Waals surface area contributed by atoms with E-state index in [0.29, 0.717) is 5.92 Å². The number of carbonyl (C=O) groups is 1. The Balaban J connectivity index is 1.98. The molecule has 0 aromatic heterocycles. The first-order valence-electron chi connectivity index (χ1n) is 7.40. The maximum absolute atomic E-state index is 12.1. The fraction of sp³-hybridized carbons (Fsp3) is 0.471. The van der Waals surface area contributed by atoms with E-state index < -0.39 is 5.54 Å². The highest BCUT2D eigenvalue weighted by Gasteiger charge is 2.35. The molecule has 0 bridgehead atoms. The molecule has 1 aliphatic rings. The van der Waals surface area contributed by atoms with Crippen LogP contribution in [0.25, 0.3) is 6.08 Å². The first-order valence-corrected chi connectivity index (χ1v) is 8.19. The average Bonchev–Trinajstić information content (AvgIpc) is 2.46. The number of aliphatic hydroxyl groups excluding tert-OH is 1. The van der Waals surface area contributed by atoms with E-state index in [1.165, 1.54) is 6.42 Å². The minimum absolute atomic E-state index is 0.00913. The normalized spacial score (nSPS) is 26.0. The summed E-state index contributed by atoms with van der Waals surface area (Å²) in [6.45, 7) is 2.18. The smallest absolute Gasteiger partial charge is 0.244 e. The Morgan fingerprint density at radius 2 is 2.19 bits per heavy atom. The largest absolute Gasteiger partial charge is 0.394 e. The number of halogens is 1. The number of benzene rings is 1. The number of carbonyl (C=O) groups excluding carboxylic acids is 1. The quantitative estimate of drug-likeness (QED) is 0.815. The van der Waals surface area contributed by atoms with Gasteiger partial charge in [0.05, 0.1) is 12.1 Å². The molecule has 1 aromatic carbocycles. The summed E-state index contributed by atoms with van der Waals surface area (Å²) < 4.78 is 1.01. The second-order valence-corrected chi connectivity index (χ2v) is 6.93. The summed E-state index contributed by atoms with van der Waals surface area (Å²) in [6.07, 6.45) is 7.26. The molecule has 2 atom stereocenters. The minimum atomic E-state index is -0.446. The maximum atomic E-state index is 12.1. The van der Waals surface area contributed by atoms with Gasteiger partial charge in [-0.3, -0.25) is 4.79 Å². The topological polar surface area (TPSA) is 49.3 Å². The first kappa shape index (κ1) is 16.2. The summed E-state index contributed by atoms with van der Waals surface area (Å²) in [4.78, 5) is 12.1. The number of nitrogens with one attached hydrogen (secondary N) is 1. The van der Waals surface area contributed by atoms with E-state index in [1.807, 2.05) is 24.3 Å². The van der Waals surface area contributed by atoms with Crippen LogP contribution in [-0.2, 0) is 4.79 Å². The zero-order valence-electron chi connectivity index (χ0n) is 12.3. The Labute approximate surface area is 134 Å². The molecular formula is C17H22BrNO2. The van der Waals surface area contributed by atoms with Crippen molar-refractivity contribution in [3.8, 4) is 0 Å². The number of hydrogen-bond acceptors (Lipinski definition) is 2. The van der Waals surface area contributed by atoms with Crippen LogP contribution in [0.4, 0.5) is 0 Å². The molecule has 2 N–H and O–H groups in total. The fourth-order valence-corrected chi connectivity index (χ4v) is 3.27. The van der Waals surface area contributed by atoms with Crippen molar-refractivity contribution >= 4 is 27.9 Å². The van der Waals surface area contributed by atoms with Crippen LogP contribution in [0, 0.1) is 5.92 Å². The van der Waals surface area contributed by atoms with Gasteiger partial charge in [-0.05, 0) is 42.5 Å². The van der Waals surface area contributed by atoms with E-state index in [1.54, 1.807) is 12.2 Å². The standard InChI is InChI=1S/C17H22BrNO2/c1-13-3-2-10-17(11-13,12-20)19-16(21)9-6-14-4-7-15(18)8-5-14/h4-9,13,20H,2-3,10-12H2,1H3,(H,19,21). The fourth-order valence-electron chi connectivity index (χ4n) is 3.01. The highest BCUT2D eigenvalue weighted by atomic mass is 79.9. The van der Waals surface area contributed by atoms with Gasteiger partial charge >= 0.3 is 0 Å². The lowest BCUT2D eigenvalue weighted by Crippen LogP contribution is -2.53. The molecule has 0 aliphatic heterocycles. The Bertz CT molecular complexity index is 512. The SMILES string of the molecule is CC1CCCC(CO)(NC(=O)C=Cc2ccc(Br)cc2)C1. The lowest BCUT2D eigenvalue weighted by Gasteiger charge is -2.39. The van der Waals surface area contributed by atoms with Crippen LogP contribution in [0.2, 0.25) is 0 Å². The first-order chi connectivity index (χ1) is 10.0. The molecule has 2 unspecified atom stereocenters. The molecule has 21 heavy (non-hydrogen) atoms. The molecule has 0 radical (unpaired) electrons. The number of rotatable bonds is 4. The number of aliphatic hydroxyl groups is 1. The number of hydrogen-bond donors (Lipinski definition) is 2. The summed E-state index contributed by atoms with van der Waals surface area (Å²) in [5.41, 5.74) is 0.530. The monoisotopic (exact) mass is 351 g/mol. The van der Waals surface area contributed by atoms with Gasteiger partial charge in [0.2, 0.25) is 5.91 Å². The highest BCUT2D eigenvalue weighted by Crippen LogP contribution is 2.31. The second-order valence-electron chi connectivity index (χ2n) is 6.01. The van der Waals surface area contributed by atoms with E-state index >= 15 is 0 Å². The van der Waals surface area contributed by atoms with E-state index in [2.05, 4.69) is 28.2 Å². The van der Waals surface area contributed by atoms with Gasteiger partial charge < -0.3 is 10.4 Å². The molecule has 1 aliphatic carbocycles. The Hall–Kier alpha value is -1.13. The molecule has 0 heterocycles. The molecule has 3 nitrogen and oxygen atoms in total. The Morgan fingerprint density at radius 1 is 1.48 bits per heavy atom. The van der Waals surface area contributed by atoms with E-state index in [4.69, 9.17) is 0 Å². The van der Waals surface area contributed by atoms with Crippen molar-refractivity contribution in [1.82, 2.24) is 5.32 Å². The van der Waals surface area contributed by atoms with E-state index in [0.717, 1.165) is 29.3 Å². The minimum Gasteiger partial charge on any atom is -0.394 e. The van der Waals surface area contributed by atoms with Crippen LogP contribution in [0.1, 0.15) is 38.2 Å². The molecule has 114 valence electrons. The summed E-state index contributed by atoms with van der Waals surface area (Å²) in [5, 5.41) is 12.7. The molecule has 1 aromatic rings. The van der Waals surface area contributed by atoms with E-state index in [-0.39, 0.29) is 12.5 Å². The number of amides is 1. The second kappa shape index (κ2) is 7.23. The van der Waals surface area contributed by atoms with Crippen LogP contribution in [0.5, 0.6) is 0 Å². The van der Waals surface area contributed by atoms with Crippen LogP contribution in [-0.4, -0.2) is 23.2 Å². The van der Waals surface area contributed by atoms with Gasteiger partial charge in [-0.1, -0.05) is 47.8 Å². The predicted octanol–water partition coefficient (Wildman–Crippen LogP) is 3.52. The molecule has 0 spiro atoms.